The smallest absolute Gasteiger partial charge is 0.329 e. The van der Waals surface area contributed by atoms with Crippen LogP contribution < -0.4 is 5.32 Å². The van der Waals surface area contributed by atoms with Gasteiger partial charge < -0.3 is 15.3 Å². The lowest BCUT2D eigenvalue weighted by molar-refractivity contribution is -0.148. The third kappa shape index (κ3) is 4.45. The van der Waals surface area contributed by atoms with Crippen LogP contribution in [0.1, 0.15) is 53.4 Å². The summed E-state index contributed by atoms with van der Waals surface area (Å²) in [5.74, 6) is -1.36. The molecule has 1 aliphatic heterocycles. The van der Waals surface area contributed by atoms with Gasteiger partial charge >= 0.3 is 5.97 Å². The maximum Gasteiger partial charge on any atom is 0.329 e. The summed E-state index contributed by atoms with van der Waals surface area (Å²) in [6.45, 7) is 8.30. The van der Waals surface area contributed by atoms with E-state index >= 15 is 0 Å². The van der Waals surface area contributed by atoms with Crippen molar-refractivity contribution < 1.29 is 19.5 Å². The molecule has 2 N–H and O–H groups in total. The predicted molar refractivity (Wildman–Crippen MR) is 83.2 cm³/mol. The fourth-order valence-corrected chi connectivity index (χ4v) is 2.82. The third-order valence-corrected chi connectivity index (χ3v) is 4.29. The van der Waals surface area contributed by atoms with Gasteiger partial charge in [0.25, 0.3) is 0 Å². The third-order valence-electron chi connectivity index (χ3n) is 4.29. The molecule has 0 saturated carbocycles. The van der Waals surface area contributed by atoms with Crippen molar-refractivity contribution in [1.82, 2.24) is 10.2 Å². The minimum absolute atomic E-state index is 0.0368. The zero-order chi connectivity index (χ0) is 16.9. The highest BCUT2D eigenvalue weighted by atomic mass is 16.4. The highest BCUT2D eigenvalue weighted by Gasteiger charge is 2.37. The Labute approximate surface area is 132 Å². The van der Waals surface area contributed by atoms with Crippen molar-refractivity contribution in [2.75, 3.05) is 13.1 Å². The number of amides is 2. The number of carboxylic acids is 1. The lowest BCUT2D eigenvalue weighted by Gasteiger charge is -2.34. The SMILES string of the molecule is CCCC(C)(NC(=O)C1CCN(C(=O)C(C)C)CC1)C(=O)O. The molecule has 0 bridgehead atoms. The highest BCUT2D eigenvalue weighted by molar-refractivity contribution is 5.88. The quantitative estimate of drug-likeness (QED) is 0.780. The Bertz CT molecular complexity index is 428. The van der Waals surface area contributed by atoms with Crippen molar-refractivity contribution in [3.63, 3.8) is 0 Å². The first kappa shape index (κ1) is 18.5. The van der Waals surface area contributed by atoms with E-state index in [4.69, 9.17) is 0 Å². The summed E-state index contributed by atoms with van der Waals surface area (Å²) >= 11 is 0. The van der Waals surface area contributed by atoms with E-state index in [0.29, 0.717) is 38.8 Å². The molecule has 0 aromatic rings. The maximum atomic E-state index is 12.3. The van der Waals surface area contributed by atoms with Crippen molar-refractivity contribution in [3.8, 4) is 0 Å². The van der Waals surface area contributed by atoms with Crippen LogP contribution in [0.5, 0.6) is 0 Å². The normalized spacial score (nSPS) is 18.9. The Morgan fingerprint density at radius 2 is 1.82 bits per heavy atom. The molecule has 0 spiro atoms. The first-order valence-electron chi connectivity index (χ1n) is 8.05. The highest BCUT2D eigenvalue weighted by Crippen LogP contribution is 2.21. The molecule has 2 amide bonds. The van der Waals surface area contributed by atoms with Crippen molar-refractivity contribution in [1.29, 1.82) is 0 Å². The minimum atomic E-state index is -1.21. The first-order chi connectivity index (χ1) is 10.2. The standard InChI is InChI=1S/C16H28N2O4/c1-5-8-16(4,15(21)22)17-13(19)12-6-9-18(10-7-12)14(20)11(2)3/h11-12H,5-10H2,1-4H3,(H,17,19)(H,21,22). The molecule has 0 aliphatic carbocycles. The van der Waals surface area contributed by atoms with Gasteiger partial charge in [0, 0.05) is 24.9 Å². The summed E-state index contributed by atoms with van der Waals surface area (Å²) in [6.07, 6.45) is 2.27. The van der Waals surface area contributed by atoms with Crippen LogP contribution in [0.3, 0.4) is 0 Å². The Kier molecular flexibility index (Phi) is 6.38. The molecule has 0 aromatic heterocycles. The molecule has 1 saturated heterocycles. The summed E-state index contributed by atoms with van der Waals surface area (Å²) in [7, 11) is 0. The molecular formula is C16H28N2O4. The molecule has 1 rings (SSSR count). The number of carboxylic acid groups (broad SMARTS) is 1. The number of rotatable bonds is 6. The number of hydrogen-bond donors (Lipinski definition) is 2. The molecule has 1 heterocycles. The van der Waals surface area contributed by atoms with E-state index in [1.54, 1.807) is 11.8 Å². The maximum absolute atomic E-state index is 12.3. The van der Waals surface area contributed by atoms with Crippen LogP contribution in [0.4, 0.5) is 0 Å². The molecule has 22 heavy (non-hydrogen) atoms. The topological polar surface area (TPSA) is 86.7 Å². The van der Waals surface area contributed by atoms with Gasteiger partial charge in [0.2, 0.25) is 11.8 Å². The van der Waals surface area contributed by atoms with Crippen molar-refractivity contribution in [2.45, 2.75) is 58.9 Å². The summed E-state index contributed by atoms with van der Waals surface area (Å²) in [5, 5.41) is 12.0. The first-order valence-corrected chi connectivity index (χ1v) is 8.05. The van der Waals surface area contributed by atoms with Crippen LogP contribution in [0.25, 0.3) is 0 Å². The van der Waals surface area contributed by atoms with Gasteiger partial charge in [-0.15, -0.1) is 0 Å². The second kappa shape index (κ2) is 7.61. The van der Waals surface area contributed by atoms with E-state index < -0.39 is 11.5 Å². The van der Waals surface area contributed by atoms with Crippen LogP contribution >= 0.6 is 0 Å². The largest absolute Gasteiger partial charge is 0.480 e. The van der Waals surface area contributed by atoms with Gasteiger partial charge in [-0.3, -0.25) is 9.59 Å². The number of nitrogens with one attached hydrogen (secondary N) is 1. The Balaban J connectivity index is 2.59. The average Bonchev–Trinajstić information content (AvgIpc) is 2.46. The number of likely N-dealkylation sites (tertiary alicyclic amines) is 1. The van der Waals surface area contributed by atoms with Crippen molar-refractivity contribution in [3.05, 3.63) is 0 Å². The molecule has 6 nitrogen and oxygen atoms in total. The van der Waals surface area contributed by atoms with Gasteiger partial charge in [-0.25, -0.2) is 4.79 Å². The molecular weight excluding hydrogens is 284 g/mol. The van der Waals surface area contributed by atoms with Crippen LogP contribution in [0, 0.1) is 11.8 Å². The van der Waals surface area contributed by atoms with E-state index in [2.05, 4.69) is 5.32 Å². The lowest BCUT2D eigenvalue weighted by atomic mass is 9.91. The summed E-state index contributed by atoms with van der Waals surface area (Å²) in [4.78, 5) is 37.4. The van der Waals surface area contributed by atoms with Crippen LogP contribution in [-0.2, 0) is 14.4 Å². The fraction of sp³-hybridized carbons (Fsp3) is 0.812. The van der Waals surface area contributed by atoms with E-state index in [-0.39, 0.29) is 23.7 Å². The zero-order valence-corrected chi connectivity index (χ0v) is 14.0. The molecule has 0 radical (unpaired) electrons. The van der Waals surface area contributed by atoms with E-state index in [1.165, 1.54) is 0 Å². The average molecular weight is 312 g/mol. The number of carbonyl (C=O) groups is 3. The van der Waals surface area contributed by atoms with Gasteiger partial charge in [0.15, 0.2) is 0 Å². The molecule has 0 aromatic carbocycles. The molecule has 1 atom stereocenters. The van der Waals surface area contributed by atoms with Gasteiger partial charge in [-0.05, 0) is 26.2 Å². The Morgan fingerprint density at radius 1 is 1.27 bits per heavy atom. The summed E-state index contributed by atoms with van der Waals surface area (Å²) in [5.41, 5.74) is -1.21. The second-order valence-electron chi connectivity index (χ2n) is 6.63. The van der Waals surface area contributed by atoms with Crippen LogP contribution in [0.15, 0.2) is 0 Å². The Hall–Kier alpha value is -1.59. The fourth-order valence-electron chi connectivity index (χ4n) is 2.82. The van der Waals surface area contributed by atoms with Gasteiger partial charge in [-0.2, -0.15) is 0 Å². The lowest BCUT2D eigenvalue weighted by Crippen LogP contribution is -2.55. The number of nitrogens with zero attached hydrogens (tertiary/aromatic N) is 1. The van der Waals surface area contributed by atoms with Crippen molar-refractivity contribution >= 4 is 17.8 Å². The molecule has 1 aliphatic rings. The van der Waals surface area contributed by atoms with Gasteiger partial charge in [0.05, 0.1) is 0 Å². The molecule has 6 heteroatoms. The molecule has 1 unspecified atom stereocenters. The van der Waals surface area contributed by atoms with Gasteiger partial charge in [0.1, 0.15) is 5.54 Å². The second-order valence-corrected chi connectivity index (χ2v) is 6.63. The minimum Gasteiger partial charge on any atom is -0.480 e. The Morgan fingerprint density at radius 3 is 2.23 bits per heavy atom. The number of aliphatic carboxylic acids is 1. The monoisotopic (exact) mass is 312 g/mol. The van der Waals surface area contributed by atoms with E-state index in [9.17, 15) is 19.5 Å². The van der Waals surface area contributed by atoms with Gasteiger partial charge in [-0.1, -0.05) is 27.2 Å². The van der Waals surface area contributed by atoms with Crippen molar-refractivity contribution in [2.24, 2.45) is 11.8 Å². The van der Waals surface area contributed by atoms with Crippen LogP contribution in [-0.4, -0.2) is 46.4 Å². The zero-order valence-electron chi connectivity index (χ0n) is 14.0. The van der Waals surface area contributed by atoms with E-state index in [0.717, 1.165) is 0 Å². The molecule has 126 valence electrons. The predicted octanol–water partition coefficient (Wildman–Crippen LogP) is 1.64. The summed E-state index contributed by atoms with van der Waals surface area (Å²) < 4.78 is 0. The number of carbonyl (C=O) groups excluding carboxylic acids is 2. The number of piperidine rings is 1. The number of hydrogen-bond acceptors (Lipinski definition) is 3. The summed E-state index contributed by atoms with van der Waals surface area (Å²) in [6, 6.07) is 0. The van der Waals surface area contributed by atoms with Crippen LogP contribution in [0.2, 0.25) is 0 Å². The molecule has 1 fully saturated rings. The van der Waals surface area contributed by atoms with E-state index in [1.807, 2.05) is 20.8 Å².